The number of cyclic esters (lactones) is 1. The number of ether oxygens (including phenoxy) is 3. The molecule has 0 aromatic heterocycles. The summed E-state index contributed by atoms with van der Waals surface area (Å²) in [5.74, 6) is -4.09. The number of aliphatic hydroxyl groups excluding tert-OH is 1. The molecule has 0 atom stereocenters. The zero-order chi connectivity index (χ0) is 13.7. The summed E-state index contributed by atoms with van der Waals surface area (Å²) in [5.41, 5.74) is -0.640. The minimum atomic E-state index is -1.03. The van der Waals surface area contributed by atoms with Gasteiger partial charge >= 0.3 is 17.9 Å². The van der Waals surface area contributed by atoms with Gasteiger partial charge in [0, 0.05) is 0 Å². The van der Waals surface area contributed by atoms with Gasteiger partial charge in [-0.2, -0.15) is 0 Å². The van der Waals surface area contributed by atoms with E-state index in [1.165, 1.54) is 0 Å². The maximum absolute atomic E-state index is 11.6. The predicted molar refractivity (Wildman–Crippen MR) is 57.1 cm³/mol. The molecule has 0 amide bonds. The molecule has 0 saturated carbocycles. The van der Waals surface area contributed by atoms with E-state index in [2.05, 4.69) is 14.2 Å². The van der Waals surface area contributed by atoms with Crippen molar-refractivity contribution in [3.8, 4) is 0 Å². The van der Waals surface area contributed by atoms with E-state index in [9.17, 15) is 19.5 Å². The molecule has 1 aliphatic heterocycles. The van der Waals surface area contributed by atoms with E-state index in [1.54, 1.807) is 13.8 Å². The van der Waals surface area contributed by atoms with Gasteiger partial charge in [0.15, 0.2) is 17.1 Å². The third-order valence-electron chi connectivity index (χ3n) is 1.88. The normalized spacial score (nSPS) is 13.8. The molecule has 7 nitrogen and oxygen atoms in total. The molecule has 0 radical (unpaired) electrons. The highest BCUT2D eigenvalue weighted by atomic mass is 16.6. The third kappa shape index (κ3) is 2.88. The van der Waals surface area contributed by atoms with Crippen LogP contribution in [0.15, 0.2) is 23.2 Å². The highest BCUT2D eigenvalue weighted by Gasteiger charge is 2.33. The molecule has 0 aromatic rings. The Morgan fingerprint density at radius 3 is 2.06 bits per heavy atom. The van der Waals surface area contributed by atoms with Crippen LogP contribution in [0.4, 0.5) is 0 Å². The molecular weight excluding hydrogens is 244 g/mol. The number of hydrogen-bond donors (Lipinski definition) is 1. The summed E-state index contributed by atoms with van der Waals surface area (Å²) >= 11 is 0. The van der Waals surface area contributed by atoms with E-state index in [0.29, 0.717) is 0 Å². The van der Waals surface area contributed by atoms with E-state index in [0.717, 1.165) is 6.08 Å². The summed E-state index contributed by atoms with van der Waals surface area (Å²) in [7, 11) is 0. The fraction of sp³-hybridized carbons (Fsp3) is 0.364. The first-order valence-corrected chi connectivity index (χ1v) is 5.22. The molecule has 0 aliphatic carbocycles. The Kier molecular flexibility index (Phi) is 4.47. The number of esters is 3. The number of carbonyl (C=O) groups is 3. The van der Waals surface area contributed by atoms with Crippen LogP contribution in [-0.4, -0.2) is 36.2 Å². The van der Waals surface area contributed by atoms with Gasteiger partial charge in [0.2, 0.25) is 0 Å². The Hall–Kier alpha value is -2.31. The van der Waals surface area contributed by atoms with Gasteiger partial charge in [0.1, 0.15) is 0 Å². The van der Waals surface area contributed by atoms with Crippen LogP contribution >= 0.6 is 0 Å². The van der Waals surface area contributed by atoms with Gasteiger partial charge in [0.05, 0.1) is 19.3 Å². The van der Waals surface area contributed by atoms with E-state index < -0.39 is 35.0 Å². The van der Waals surface area contributed by atoms with Crippen LogP contribution in [-0.2, 0) is 28.6 Å². The summed E-state index contributed by atoms with van der Waals surface area (Å²) < 4.78 is 13.8. The molecule has 0 fully saturated rings. The van der Waals surface area contributed by atoms with Crippen molar-refractivity contribution >= 4 is 17.9 Å². The van der Waals surface area contributed by atoms with E-state index in [-0.39, 0.29) is 13.2 Å². The van der Waals surface area contributed by atoms with Gasteiger partial charge in [-0.05, 0) is 13.8 Å². The highest BCUT2D eigenvalue weighted by molar-refractivity contribution is 6.15. The summed E-state index contributed by atoms with van der Waals surface area (Å²) in [4.78, 5) is 34.1. The summed E-state index contributed by atoms with van der Waals surface area (Å²) in [6.07, 6.45) is 0.744. The number of rotatable bonds is 4. The van der Waals surface area contributed by atoms with Crippen LogP contribution in [0.3, 0.4) is 0 Å². The summed E-state index contributed by atoms with van der Waals surface area (Å²) in [6.45, 7) is 3.13. The fourth-order valence-electron chi connectivity index (χ4n) is 1.21. The van der Waals surface area contributed by atoms with Crippen molar-refractivity contribution in [2.75, 3.05) is 13.2 Å². The van der Waals surface area contributed by atoms with Crippen molar-refractivity contribution in [2.45, 2.75) is 13.8 Å². The highest BCUT2D eigenvalue weighted by Crippen LogP contribution is 2.22. The first-order chi connectivity index (χ1) is 8.51. The van der Waals surface area contributed by atoms with Gasteiger partial charge in [-0.25, -0.2) is 14.4 Å². The SMILES string of the molecule is CCOC(=O)C(C(=O)OCC)=C1OC(=O)C=C1O. The average molecular weight is 256 g/mol. The second kappa shape index (κ2) is 5.85. The van der Waals surface area contributed by atoms with Crippen molar-refractivity contribution in [2.24, 2.45) is 0 Å². The Bertz CT molecular complexity index is 424. The molecule has 0 unspecified atom stereocenters. The van der Waals surface area contributed by atoms with Crippen LogP contribution in [0.1, 0.15) is 13.8 Å². The predicted octanol–water partition coefficient (Wildman–Crippen LogP) is 0.365. The van der Waals surface area contributed by atoms with Gasteiger partial charge in [-0.3, -0.25) is 0 Å². The minimum absolute atomic E-state index is 0.0213. The van der Waals surface area contributed by atoms with Gasteiger partial charge in [-0.15, -0.1) is 0 Å². The lowest BCUT2D eigenvalue weighted by molar-refractivity contribution is -0.147. The molecule has 0 spiro atoms. The molecule has 98 valence electrons. The lowest BCUT2D eigenvalue weighted by Gasteiger charge is -2.08. The maximum Gasteiger partial charge on any atom is 0.349 e. The molecule has 1 rings (SSSR count). The van der Waals surface area contributed by atoms with Crippen LogP contribution in [0.25, 0.3) is 0 Å². The Balaban J connectivity index is 3.16. The standard InChI is InChI=1S/C11H12O7/c1-3-16-10(14)8(11(15)17-4-2)9-6(12)5-7(13)18-9/h5,12H,3-4H2,1-2H3. The average Bonchev–Trinajstić information content (AvgIpc) is 2.59. The molecule has 0 aromatic carbocycles. The monoisotopic (exact) mass is 256 g/mol. The van der Waals surface area contributed by atoms with Gasteiger partial charge < -0.3 is 19.3 Å². The van der Waals surface area contributed by atoms with Crippen molar-refractivity contribution in [3.63, 3.8) is 0 Å². The first kappa shape index (κ1) is 13.8. The zero-order valence-corrected chi connectivity index (χ0v) is 9.89. The van der Waals surface area contributed by atoms with Crippen LogP contribution in [0.5, 0.6) is 0 Å². The quantitative estimate of drug-likeness (QED) is 0.255. The van der Waals surface area contributed by atoms with Crippen molar-refractivity contribution in [3.05, 3.63) is 23.2 Å². The van der Waals surface area contributed by atoms with E-state index >= 15 is 0 Å². The van der Waals surface area contributed by atoms with Crippen LogP contribution in [0.2, 0.25) is 0 Å². The molecule has 0 saturated heterocycles. The summed E-state index contributed by atoms with van der Waals surface area (Å²) in [5, 5.41) is 9.41. The fourth-order valence-corrected chi connectivity index (χ4v) is 1.21. The second-order valence-corrected chi connectivity index (χ2v) is 3.10. The Morgan fingerprint density at radius 1 is 1.22 bits per heavy atom. The first-order valence-electron chi connectivity index (χ1n) is 5.22. The van der Waals surface area contributed by atoms with Gasteiger partial charge in [0.25, 0.3) is 0 Å². The largest absolute Gasteiger partial charge is 0.504 e. The Labute approximate surface area is 103 Å². The molecule has 1 heterocycles. The molecule has 7 heteroatoms. The number of carbonyl (C=O) groups excluding carboxylic acids is 3. The smallest absolute Gasteiger partial charge is 0.349 e. The molecular formula is C11H12O7. The molecule has 18 heavy (non-hydrogen) atoms. The summed E-state index contributed by atoms with van der Waals surface area (Å²) in [6, 6.07) is 0. The van der Waals surface area contributed by atoms with Crippen molar-refractivity contribution in [1.82, 2.24) is 0 Å². The number of aliphatic hydroxyl groups is 1. The van der Waals surface area contributed by atoms with Crippen molar-refractivity contribution in [1.29, 1.82) is 0 Å². The second-order valence-electron chi connectivity index (χ2n) is 3.10. The van der Waals surface area contributed by atoms with Gasteiger partial charge in [-0.1, -0.05) is 0 Å². The van der Waals surface area contributed by atoms with Crippen LogP contribution < -0.4 is 0 Å². The van der Waals surface area contributed by atoms with E-state index in [1.807, 2.05) is 0 Å². The lowest BCUT2D eigenvalue weighted by atomic mass is 10.2. The third-order valence-corrected chi connectivity index (χ3v) is 1.88. The topological polar surface area (TPSA) is 99.1 Å². The molecule has 1 N–H and O–H groups in total. The lowest BCUT2D eigenvalue weighted by Crippen LogP contribution is -2.21. The Morgan fingerprint density at radius 2 is 1.72 bits per heavy atom. The minimum Gasteiger partial charge on any atom is -0.504 e. The van der Waals surface area contributed by atoms with Crippen molar-refractivity contribution < 1.29 is 33.7 Å². The number of hydrogen-bond acceptors (Lipinski definition) is 7. The maximum atomic E-state index is 11.6. The molecule has 0 bridgehead atoms. The van der Waals surface area contributed by atoms with E-state index in [4.69, 9.17) is 0 Å². The molecule has 1 aliphatic rings. The zero-order valence-electron chi connectivity index (χ0n) is 9.89. The van der Waals surface area contributed by atoms with Crippen LogP contribution in [0, 0.1) is 0 Å².